The van der Waals surface area contributed by atoms with Crippen LogP contribution < -0.4 is 5.73 Å². The maximum Gasteiger partial charge on any atom is 0.418 e. The standard InChI is InChI=1S/C20H21F3N2O/c1-18(2,16-8-4-3-5-9-16)14-19(26,20(21,22)23)11-6-7-15-10-12-25-13-17(15)24/h3-5,8-10,12-13,26H,11,14,24H2,1-2H3. The number of alkyl halides is 3. The van der Waals surface area contributed by atoms with E-state index in [4.69, 9.17) is 5.73 Å². The fraction of sp³-hybridized carbons (Fsp3) is 0.350. The van der Waals surface area contributed by atoms with Gasteiger partial charge in [-0.15, -0.1) is 0 Å². The van der Waals surface area contributed by atoms with E-state index < -0.39 is 30.0 Å². The number of anilines is 1. The van der Waals surface area contributed by atoms with Crippen molar-refractivity contribution >= 4 is 5.69 Å². The highest BCUT2D eigenvalue weighted by Gasteiger charge is 2.55. The number of nitrogen functional groups attached to an aromatic ring is 1. The largest absolute Gasteiger partial charge is 0.418 e. The van der Waals surface area contributed by atoms with Gasteiger partial charge in [-0.25, -0.2) is 0 Å². The summed E-state index contributed by atoms with van der Waals surface area (Å²) in [6.45, 7) is 3.35. The number of hydrogen-bond donors (Lipinski definition) is 2. The Morgan fingerprint density at radius 2 is 1.77 bits per heavy atom. The van der Waals surface area contributed by atoms with Gasteiger partial charge < -0.3 is 10.8 Å². The number of benzene rings is 1. The minimum Gasteiger partial charge on any atom is -0.396 e. The summed E-state index contributed by atoms with van der Waals surface area (Å²) >= 11 is 0. The summed E-state index contributed by atoms with van der Waals surface area (Å²) in [7, 11) is 0. The number of nitrogens with zero attached hydrogens (tertiary/aromatic N) is 1. The molecule has 0 amide bonds. The minimum absolute atomic E-state index is 0.278. The highest BCUT2D eigenvalue weighted by atomic mass is 19.4. The average molecular weight is 362 g/mol. The lowest BCUT2D eigenvalue weighted by Crippen LogP contribution is -2.48. The van der Waals surface area contributed by atoms with E-state index in [1.807, 2.05) is 0 Å². The molecule has 6 heteroatoms. The molecule has 1 atom stereocenters. The summed E-state index contributed by atoms with van der Waals surface area (Å²) in [5.74, 6) is 5.03. The predicted molar refractivity (Wildman–Crippen MR) is 95.2 cm³/mol. The quantitative estimate of drug-likeness (QED) is 0.806. The smallest absolute Gasteiger partial charge is 0.396 e. The number of aliphatic hydroxyl groups is 1. The summed E-state index contributed by atoms with van der Waals surface area (Å²) in [5.41, 5.74) is 3.24. The van der Waals surface area contributed by atoms with Crippen LogP contribution in [0.2, 0.25) is 0 Å². The summed E-state index contributed by atoms with van der Waals surface area (Å²) in [6, 6.07) is 10.3. The molecule has 3 N–H and O–H groups in total. The molecule has 0 spiro atoms. The first-order chi connectivity index (χ1) is 12.1. The zero-order valence-electron chi connectivity index (χ0n) is 14.6. The van der Waals surface area contributed by atoms with Crippen LogP contribution >= 0.6 is 0 Å². The van der Waals surface area contributed by atoms with Crippen LogP contribution in [0.15, 0.2) is 48.8 Å². The molecule has 2 rings (SSSR count). The van der Waals surface area contributed by atoms with Gasteiger partial charge in [0.2, 0.25) is 0 Å². The zero-order chi connectivity index (χ0) is 19.4. The van der Waals surface area contributed by atoms with Crippen molar-refractivity contribution in [3.63, 3.8) is 0 Å². The molecule has 0 bridgehead atoms. The van der Waals surface area contributed by atoms with Crippen molar-refractivity contribution in [2.24, 2.45) is 0 Å². The van der Waals surface area contributed by atoms with E-state index in [1.54, 1.807) is 44.2 Å². The van der Waals surface area contributed by atoms with Crippen LogP contribution in [0.3, 0.4) is 0 Å². The van der Waals surface area contributed by atoms with Gasteiger partial charge in [-0.2, -0.15) is 13.2 Å². The number of pyridine rings is 1. The van der Waals surface area contributed by atoms with Crippen molar-refractivity contribution in [3.05, 3.63) is 59.9 Å². The fourth-order valence-electron chi connectivity index (χ4n) is 2.79. The molecule has 138 valence electrons. The molecule has 1 unspecified atom stereocenters. The zero-order valence-corrected chi connectivity index (χ0v) is 14.6. The van der Waals surface area contributed by atoms with Crippen LogP contribution in [-0.4, -0.2) is 21.9 Å². The second kappa shape index (κ2) is 7.38. The van der Waals surface area contributed by atoms with Gasteiger partial charge in [-0.1, -0.05) is 56.0 Å². The highest BCUT2D eigenvalue weighted by molar-refractivity contribution is 5.53. The van der Waals surface area contributed by atoms with E-state index in [0.29, 0.717) is 11.1 Å². The van der Waals surface area contributed by atoms with Gasteiger partial charge in [0.1, 0.15) is 0 Å². The van der Waals surface area contributed by atoms with Crippen molar-refractivity contribution in [2.45, 2.75) is 43.9 Å². The normalized spacial score (nSPS) is 14.2. The third kappa shape index (κ3) is 4.55. The molecule has 0 aliphatic carbocycles. The van der Waals surface area contributed by atoms with E-state index in [9.17, 15) is 18.3 Å². The molecule has 1 heterocycles. The maximum absolute atomic E-state index is 13.6. The van der Waals surface area contributed by atoms with Crippen LogP contribution in [0.25, 0.3) is 0 Å². The third-order valence-corrected chi connectivity index (χ3v) is 4.27. The van der Waals surface area contributed by atoms with Crippen LogP contribution in [0.1, 0.15) is 37.8 Å². The van der Waals surface area contributed by atoms with Crippen molar-refractivity contribution < 1.29 is 18.3 Å². The van der Waals surface area contributed by atoms with E-state index >= 15 is 0 Å². The molecular weight excluding hydrogens is 341 g/mol. The van der Waals surface area contributed by atoms with Crippen LogP contribution in [-0.2, 0) is 5.41 Å². The van der Waals surface area contributed by atoms with Crippen molar-refractivity contribution in [2.75, 3.05) is 5.73 Å². The molecule has 2 aromatic rings. The summed E-state index contributed by atoms with van der Waals surface area (Å²) in [5, 5.41) is 10.4. The molecule has 0 aliphatic rings. The Bertz CT molecular complexity index is 807. The second-order valence-electron chi connectivity index (χ2n) is 6.90. The topological polar surface area (TPSA) is 59.1 Å². The van der Waals surface area contributed by atoms with E-state index in [1.165, 1.54) is 18.5 Å². The number of hydrogen-bond acceptors (Lipinski definition) is 3. The first-order valence-corrected chi connectivity index (χ1v) is 8.08. The molecule has 0 fully saturated rings. The van der Waals surface area contributed by atoms with Crippen molar-refractivity contribution in [1.29, 1.82) is 0 Å². The molecule has 0 saturated carbocycles. The Hall–Kier alpha value is -2.52. The maximum atomic E-state index is 13.6. The van der Waals surface area contributed by atoms with Gasteiger partial charge >= 0.3 is 6.18 Å². The minimum atomic E-state index is -4.81. The van der Waals surface area contributed by atoms with Gasteiger partial charge in [0.15, 0.2) is 5.60 Å². The second-order valence-corrected chi connectivity index (χ2v) is 6.90. The average Bonchev–Trinajstić information content (AvgIpc) is 2.56. The molecule has 0 radical (unpaired) electrons. The number of aromatic nitrogens is 1. The van der Waals surface area contributed by atoms with E-state index in [-0.39, 0.29) is 5.69 Å². The SMILES string of the molecule is CC(C)(CC(O)(CC#Cc1ccncc1N)C(F)(F)F)c1ccccc1. The lowest BCUT2D eigenvalue weighted by molar-refractivity contribution is -0.264. The Labute approximate surface area is 151 Å². The molecule has 26 heavy (non-hydrogen) atoms. The number of nitrogens with two attached hydrogens (primary N) is 1. The molecule has 1 aromatic carbocycles. The van der Waals surface area contributed by atoms with Gasteiger partial charge in [-0.05, 0) is 23.5 Å². The molecule has 0 saturated heterocycles. The Morgan fingerprint density at radius 1 is 1.12 bits per heavy atom. The van der Waals surface area contributed by atoms with Gasteiger partial charge in [0.05, 0.1) is 17.4 Å². The molecule has 1 aromatic heterocycles. The van der Waals surface area contributed by atoms with E-state index in [0.717, 1.165) is 0 Å². The first kappa shape index (κ1) is 19.8. The molecular formula is C20H21F3N2O. The Balaban J connectivity index is 2.28. The predicted octanol–water partition coefficient (Wildman–Crippen LogP) is 4.07. The number of rotatable bonds is 4. The highest BCUT2D eigenvalue weighted by Crippen LogP contribution is 2.42. The number of halogens is 3. The molecule has 3 nitrogen and oxygen atoms in total. The summed E-state index contributed by atoms with van der Waals surface area (Å²) < 4.78 is 40.8. The van der Waals surface area contributed by atoms with Gasteiger partial charge in [-0.3, -0.25) is 4.98 Å². The van der Waals surface area contributed by atoms with Crippen LogP contribution in [0.4, 0.5) is 18.9 Å². The fourth-order valence-corrected chi connectivity index (χ4v) is 2.79. The van der Waals surface area contributed by atoms with Crippen LogP contribution in [0.5, 0.6) is 0 Å². The lowest BCUT2D eigenvalue weighted by atomic mass is 9.74. The van der Waals surface area contributed by atoms with Gasteiger partial charge in [0.25, 0.3) is 0 Å². The van der Waals surface area contributed by atoms with E-state index in [2.05, 4.69) is 16.8 Å². The summed E-state index contributed by atoms with van der Waals surface area (Å²) in [6.07, 6.45) is -3.23. The lowest BCUT2D eigenvalue weighted by Gasteiger charge is -2.37. The first-order valence-electron chi connectivity index (χ1n) is 8.08. The van der Waals surface area contributed by atoms with Crippen LogP contribution in [0, 0.1) is 11.8 Å². The molecule has 0 aliphatic heterocycles. The monoisotopic (exact) mass is 362 g/mol. The third-order valence-electron chi connectivity index (χ3n) is 4.27. The Kier molecular flexibility index (Phi) is 5.62. The Morgan fingerprint density at radius 3 is 2.35 bits per heavy atom. The van der Waals surface area contributed by atoms with Crippen molar-refractivity contribution in [3.8, 4) is 11.8 Å². The van der Waals surface area contributed by atoms with Gasteiger partial charge in [0, 0.05) is 12.6 Å². The summed E-state index contributed by atoms with van der Waals surface area (Å²) in [4.78, 5) is 3.80. The van der Waals surface area contributed by atoms with Crippen molar-refractivity contribution in [1.82, 2.24) is 4.98 Å².